The fraction of sp³-hybridized carbons (Fsp3) is 0.333. The van der Waals surface area contributed by atoms with Crippen molar-refractivity contribution < 1.29 is 5.11 Å². The summed E-state index contributed by atoms with van der Waals surface area (Å²) >= 11 is 4.49. The standard InChI is InChI=1S/C18H18I2O/c19-15-11-14(12-16(20)17(15)21)18(9-5-2-6-10-18)13-7-3-1-4-8-13/h1,3-4,7-8,11-12,21H,2,5-6,9-10H2. The summed E-state index contributed by atoms with van der Waals surface area (Å²) in [4.78, 5) is 0. The molecule has 1 nitrogen and oxygen atoms in total. The first kappa shape index (κ1) is 15.6. The Morgan fingerprint density at radius 2 is 1.38 bits per heavy atom. The highest BCUT2D eigenvalue weighted by Gasteiger charge is 2.36. The maximum absolute atomic E-state index is 10.1. The van der Waals surface area contributed by atoms with Crippen molar-refractivity contribution in [3.05, 3.63) is 60.7 Å². The van der Waals surface area contributed by atoms with Gasteiger partial charge in [0.2, 0.25) is 0 Å². The predicted octanol–water partition coefficient (Wildman–Crippen LogP) is 5.85. The Labute approximate surface area is 153 Å². The van der Waals surface area contributed by atoms with Crippen molar-refractivity contribution in [2.24, 2.45) is 0 Å². The predicted molar refractivity (Wildman–Crippen MR) is 104 cm³/mol. The van der Waals surface area contributed by atoms with Gasteiger partial charge in [0, 0.05) is 5.41 Å². The number of aromatic hydroxyl groups is 1. The second kappa shape index (κ2) is 6.44. The number of halogens is 2. The summed E-state index contributed by atoms with van der Waals surface area (Å²) in [7, 11) is 0. The van der Waals surface area contributed by atoms with Gasteiger partial charge in [0.05, 0.1) is 7.14 Å². The van der Waals surface area contributed by atoms with Gasteiger partial charge in [-0.3, -0.25) is 0 Å². The molecule has 0 spiro atoms. The molecule has 0 bridgehead atoms. The molecule has 1 aliphatic rings. The molecule has 0 atom stereocenters. The zero-order valence-corrected chi connectivity index (χ0v) is 16.1. The van der Waals surface area contributed by atoms with Gasteiger partial charge in [-0.2, -0.15) is 0 Å². The molecule has 0 heterocycles. The Kier molecular flexibility index (Phi) is 4.78. The van der Waals surface area contributed by atoms with E-state index in [0.29, 0.717) is 5.75 Å². The molecule has 0 aliphatic heterocycles. The number of benzene rings is 2. The van der Waals surface area contributed by atoms with E-state index in [-0.39, 0.29) is 5.41 Å². The highest BCUT2D eigenvalue weighted by atomic mass is 127. The topological polar surface area (TPSA) is 20.2 Å². The molecule has 21 heavy (non-hydrogen) atoms. The van der Waals surface area contributed by atoms with Crippen molar-refractivity contribution >= 4 is 45.2 Å². The van der Waals surface area contributed by atoms with Gasteiger partial charge in [-0.15, -0.1) is 0 Å². The van der Waals surface area contributed by atoms with Crippen molar-refractivity contribution in [1.29, 1.82) is 0 Å². The molecule has 0 unspecified atom stereocenters. The molecule has 3 rings (SSSR count). The summed E-state index contributed by atoms with van der Waals surface area (Å²) in [5, 5.41) is 10.1. The van der Waals surface area contributed by atoms with E-state index in [1.54, 1.807) is 0 Å². The lowest BCUT2D eigenvalue weighted by Gasteiger charge is -2.39. The fourth-order valence-corrected chi connectivity index (χ4v) is 5.27. The molecule has 0 aromatic heterocycles. The van der Waals surface area contributed by atoms with E-state index < -0.39 is 0 Å². The molecule has 1 N–H and O–H groups in total. The van der Waals surface area contributed by atoms with Gasteiger partial charge in [0.15, 0.2) is 0 Å². The number of phenolic OH excluding ortho intramolecular Hbond substituents is 1. The number of rotatable bonds is 2. The van der Waals surface area contributed by atoms with Crippen LogP contribution in [0.2, 0.25) is 0 Å². The van der Waals surface area contributed by atoms with Gasteiger partial charge in [-0.05, 0) is 81.3 Å². The summed E-state index contributed by atoms with van der Waals surface area (Å²) in [6.45, 7) is 0. The lowest BCUT2D eigenvalue weighted by molar-refractivity contribution is 0.345. The largest absolute Gasteiger partial charge is 0.506 e. The first-order valence-corrected chi connectivity index (χ1v) is 9.53. The van der Waals surface area contributed by atoms with Gasteiger partial charge in [0.1, 0.15) is 5.75 Å². The van der Waals surface area contributed by atoms with E-state index in [2.05, 4.69) is 87.6 Å². The second-order valence-corrected chi connectivity index (χ2v) is 8.12. The average Bonchev–Trinajstić information content (AvgIpc) is 2.53. The molecule has 2 aromatic rings. The molecule has 1 saturated carbocycles. The van der Waals surface area contributed by atoms with E-state index in [4.69, 9.17) is 0 Å². The minimum Gasteiger partial charge on any atom is -0.506 e. The van der Waals surface area contributed by atoms with Crippen LogP contribution in [0.25, 0.3) is 0 Å². The Bertz CT molecular complexity index is 608. The molecule has 110 valence electrons. The van der Waals surface area contributed by atoms with Gasteiger partial charge in [-0.1, -0.05) is 49.6 Å². The maximum Gasteiger partial charge on any atom is 0.142 e. The summed E-state index contributed by atoms with van der Waals surface area (Å²) in [5.74, 6) is 0.416. The minimum atomic E-state index is 0.118. The molecule has 2 aromatic carbocycles. The first-order chi connectivity index (χ1) is 10.1. The quantitative estimate of drug-likeness (QED) is 0.509. The van der Waals surface area contributed by atoms with E-state index in [0.717, 1.165) is 7.14 Å². The normalized spacial score (nSPS) is 17.6. The zero-order valence-electron chi connectivity index (χ0n) is 11.8. The minimum absolute atomic E-state index is 0.118. The number of hydrogen-bond donors (Lipinski definition) is 1. The Morgan fingerprint density at radius 1 is 0.810 bits per heavy atom. The van der Waals surface area contributed by atoms with Crippen molar-refractivity contribution in [1.82, 2.24) is 0 Å². The number of hydrogen-bond acceptors (Lipinski definition) is 1. The van der Waals surface area contributed by atoms with Gasteiger partial charge in [0.25, 0.3) is 0 Å². The van der Waals surface area contributed by atoms with Crippen LogP contribution in [0, 0.1) is 7.14 Å². The SMILES string of the molecule is Oc1c(I)cc(C2(c3ccccc3)CCCCC2)cc1I. The van der Waals surface area contributed by atoms with Crippen molar-refractivity contribution in [2.75, 3.05) is 0 Å². The summed E-state index contributed by atoms with van der Waals surface area (Å²) in [6.07, 6.45) is 6.30. The first-order valence-electron chi connectivity index (χ1n) is 7.37. The smallest absolute Gasteiger partial charge is 0.142 e. The van der Waals surface area contributed by atoms with E-state index in [9.17, 15) is 5.11 Å². The van der Waals surface area contributed by atoms with Crippen LogP contribution in [0.1, 0.15) is 43.2 Å². The highest BCUT2D eigenvalue weighted by Crippen LogP contribution is 2.46. The molecule has 3 heteroatoms. The average molecular weight is 504 g/mol. The lowest BCUT2D eigenvalue weighted by Crippen LogP contribution is -2.30. The lowest BCUT2D eigenvalue weighted by atomic mass is 9.65. The zero-order chi connectivity index (χ0) is 14.9. The Balaban J connectivity index is 2.17. The van der Waals surface area contributed by atoms with Crippen molar-refractivity contribution in [2.45, 2.75) is 37.5 Å². The maximum atomic E-state index is 10.1. The summed E-state index contributed by atoms with van der Waals surface area (Å²) in [5.41, 5.74) is 2.90. The van der Waals surface area contributed by atoms with Crippen LogP contribution in [-0.4, -0.2) is 5.11 Å². The van der Waals surface area contributed by atoms with Crippen LogP contribution in [0.3, 0.4) is 0 Å². The highest BCUT2D eigenvalue weighted by molar-refractivity contribution is 14.1. The van der Waals surface area contributed by atoms with Crippen LogP contribution in [-0.2, 0) is 5.41 Å². The molecule has 1 fully saturated rings. The van der Waals surface area contributed by atoms with Crippen LogP contribution < -0.4 is 0 Å². The summed E-state index contributed by atoms with van der Waals surface area (Å²) in [6, 6.07) is 15.2. The van der Waals surface area contributed by atoms with Gasteiger partial charge < -0.3 is 5.11 Å². The summed E-state index contributed by atoms with van der Waals surface area (Å²) < 4.78 is 1.91. The van der Waals surface area contributed by atoms with Gasteiger partial charge in [-0.25, -0.2) is 0 Å². The Morgan fingerprint density at radius 3 is 1.95 bits per heavy atom. The van der Waals surface area contributed by atoms with Crippen molar-refractivity contribution in [3.63, 3.8) is 0 Å². The second-order valence-electron chi connectivity index (χ2n) is 5.80. The van der Waals surface area contributed by atoms with Crippen LogP contribution >= 0.6 is 45.2 Å². The number of phenols is 1. The van der Waals surface area contributed by atoms with E-state index in [1.807, 2.05) is 0 Å². The molecule has 0 saturated heterocycles. The van der Waals surface area contributed by atoms with E-state index >= 15 is 0 Å². The van der Waals surface area contributed by atoms with Crippen LogP contribution in [0.5, 0.6) is 5.75 Å². The molecule has 0 radical (unpaired) electrons. The third-order valence-corrected chi connectivity index (χ3v) is 6.25. The monoisotopic (exact) mass is 504 g/mol. The fourth-order valence-electron chi connectivity index (χ4n) is 3.50. The van der Waals surface area contributed by atoms with Crippen molar-refractivity contribution in [3.8, 4) is 5.75 Å². The third-order valence-electron chi connectivity index (χ3n) is 4.60. The molecule has 0 amide bonds. The molecular formula is C18H18I2O. The van der Waals surface area contributed by atoms with E-state index in [1.165, 1.54) is 43.2 Å². The van der Waals surface area contributed by atoms with Crippen LogP contribution in [0.4, 0.5) is 0 Å². The van der Waals surface area contributed by atoms with Crippen LogP contribution in [0.15, 0.2) is 42.5 Å². The Hall–Kier alpha value is -0.300. The molecule has 1 aliphatic carbocycles. The molecular weight excluding hydrogens is 486 g/mol. The van der Waals surface area contributed by atoms with Gasteiger partial charge >= 0.3 is 0 Å². The third kappa shape index (κ3) is 2.96.